The summed E-state index contributed by atoms with van der Waals surface area (Å²) in [5, 5.41) is 1.49. The Balaban J connectivity index is 2.13. The number of hydrogen-bond donors (Lipinski definition) is 0. The number of fused-ring (bicyclic) bond motifs is 1. The van der Waals surface area contributed by atoms with E-state index in [-0.39, 0.29) is 18.2 Å². The molecule has 0 aromatic rings. The molecule has 0 atom stereocenters. The highest BCUT2D eigenvalue weighted by atomic mass is 16.7. The smallest absolute Gasteiger partial charge is 0.325 e. The Hall–Kier alpha value is -0.900. The molecule has 0 aliphatic carbocycles. The van der Waals surface area contributed by atoms with Crippen LogP contribution in [0.3, 0.4) is 0 Å². The summed E-state index contributed by atoms with van der Waals surface area (Å²) in [4.78, 5) is 27.6. The third kappa shape index (κ3) is 1.72. The Morgan fingerprint density at radius 3 is 2.77 bits per heavy atom. The Morgan fingerprint density at radius 1 is 1.08 bits per heavy atom. The van der Waals surface area contributed by atoms with E-state index in [1.165, 1.54) is 5.06 Å². The molecule has 4 nitrogen and oxygen atoms in total. The Kier molecular flexibility index (Phi) is 2.31. The lowest BCUT2D eigenvalue weighted by molar-refractivity contribution is -0.189. The third-order valence-electron chi connectivity index (χ3n) is 2.42. The van der Waals surface area contributed by atoms with Crippen LogP contribution < -0.4 is 0 Å². The molecule has 0 N–H and O–H groups in total. The molecule has 0 aromatic heterocycles. The van der Waals surface area contributed by atoms with Crippen molar-refractivity contribution in [1.82, 2.24) is 5.06 Å². The molecule has 71 valence electrons. The summed E-state index contributed by atoms with van der Waals surface area (Å²) < 4.78 is 0. The maximum atomic E-state index is 11.5. The minimum atomic E-state index is -0.287. The van der Waals surface area contributed by atoms with E-state index >= 15 is 0 Å². The minimum Gasteiger partial charge on any atom is -0.367 e. The molecule has 2 aliphatic rings. The quantitative estimate of drug-likeness (QED) is 0.556. The van der Waals surface area contributed by atoms with Crippen LogP contribution >= 0.6 is 0 Å². The summed E-state index contributed by atoms with van der Waals surface area (Å²) in [6.45, 7) is 0.673. The summed E-state index contributed by atoms with van der Waals surface area (Å²) in [6, 6.07) is 0.692. The molecule has 13 heavy (non-hydrogen) atoms. The van der Waals surface area contributed by atoms with Gasteiger partial charge in [0.2, 0.25) is 0 Å². The molecular weight excluding hydrogens is 170 g/mol. The predicted molar refractivity (Wildman–Crippen MR) is 44.1 cm³/mol. The van der Waals surface area contributed by atoms with Crippen molar-refractivity contribution in [3.63, 3.8) is 0 Å². The molecule has 2 aliphatic heterocycles. The number of carbonyl (C=O) groups is 2. The van der Waals surface area contributed by atoms with Gasteiger partial charge in [0.25, 0.3) is 0 Å². The SMILES string of the molecule is O=C1CCC(=O)[C]2CCCCN2O1. The van der Waals surface area contributed by atoms with Crippen molar-refractivity contribution in [1.29, 1.82) is 0 Å². The van der Waals surface area contributed by atoms with Crippen LogP contribution in [-0.2, 0) is 14.4 Å². The number of piperidine rings is 1. The zero-order chi connectivity index (χ0) is 9.26. The van der Waals surface area contributed by atoms with Gasteiger partial charge in [0.05, 0.1) is 6.42 Å². The lowest BCUT2D eigenvalue weighted by atomic mass is 9.98. The van der Waals surface area contributed by atoms with Gasteiger partial charge in [-0.25, -0.2) is 0 Å². The summed E-state index contributed by atoms with van der Waals surface area (Å²) >= 11 is 0. The summed E-state index contributed by atoms with van der Waals surface area (Å²) in [5.74, 6) is -0.212. The van der Waals surface area contributed by atoms with Crippen LogP contribution in [0.2, 0.25) is 0 Å². The fourth-order valence-corrected chi connectivity index (χ4v) is 1.72. The summed E-state index contributed by atoms with van der Waals surface area (Å²) in [6.07, 6.45) is 3.30. The largest absolute Gasteiger partial charge is 0.367 e. The lowest BCUT2D eigenvalue weighted by Crippen LogP contribution is -2.37. The Labute approximate surface area is 76.8 Å². The van der Waals surface area contributed by atoms with Crippen LogP contribution in [-0.4, -0.2) is 23.4 Å². The van der Waals surface area contributed by atoms with Crippen LogP contribution in [0.15, 0.2) is 0 Å². The average molecular weight is 182 g/mol. The normalized spacial score (nSPS) is 26.5. The highest BCUT2D eigenvalue weighted by Crippen LogP contribution is 2.28. The van der Waals surface area contributed by atoms with Gasteiger partial charge in [0.1, 0.15) is 6.04 Å². The topological polar surface area (TPSA) is 46.6 Å². The first-order valence-corrected chi connectivity index (χ1v) is 4.65. The van der Waals surface area contributed by atoms with Gasteiger partial charge in [-0.05, 0) is 19.3 Å². The molecule has 1 radical (unpaired) electrons. The first-order chi connectivity index (χ1) is 6.27. The maximum Gasteiger partial charge on any atom is 0.325 e. The average Bonchev–Trinajstić information content (AvgIpc) is 2.27. The van der Waals surface area contributed by atoms with E-state index in [9.17, 15) is 9.59 Å². The van der Waals surface area contributed by atoms with E-state index in [0.29, 0.717) is 19.0 Å². The number of rotatable bonds is 0. The van der Waals surface area contributed by atoms with Gasteiger partial charge >= 0.3 is 5.97 Å². The fourth-order valence-electron chi connectivity index (χ4n) is 1.72. The van der Waals surface area contributed by atoms with Crippen molar-refractivity contribution in [2.45, 2.75) is 32.1 Å². The molecule has 4 heteroatoms. The highest BCUT2D eigenvalue weighted by molar-refractivity contribution is 5.94. The maximum absolute atomic E-state index is 11.5. The molecule has 2 heterocycles. The number of Topliss-reactive ketones (excluding diaryl/α,β-unsaturated/α-hetero) is 1. The first-order valence-electron chi connectivity index (χ1n) is 4.65. The van der Waals surface area contributed by atoms with Gasteiger partial charge in [-0.1, -0.05) is 0 Å². The predicted octanol–water partition coefficient (Wildman–Crippen LogP) is 0.825. The standard InChI is InChI=1S/C9H12NO3/c11-8-4-5-9(12)13-10-6-2-1-3-7(8)10/h1-6H2. The Bertz CT molecular complexity index is 239. The highest BCUT2D eigenvalue weighted by Gasteiger charge is 2.35. The van der Waals surface area contributed by atoms with E-state index in [1.54, 1.807) is 0 Å². The molecule has 0 unspecified atom stereocenters. The van der Waals surface area contributed by atoms with Gasteiger partial charge < -0.3 is 4.84 Å². The van der Waals surface area contributed by atoms with E-state index in [2.05, 4.69) is 0 Å². The van der Waals surface area contributed by atoms with Crippen LogP contribution in [0.1, 0.15) is 32.1 Å². The second-order valence-corrected chi connectivity index (χ2v) is 3.39. The second kappa shape index (κ2) is 3.46. The third-order valence-corrected chi connectivity index (χ3v) is 2.42. The Morgan fingerprint density at radius 2 is 1.92 bits per heavy atom. The van der Waals surface area contributed by atoms with E-state index < -0.39 is 0 Å². The number of hydroxylamine groups is 2. The summed E-state index contributed by atoms with van der Waals surface area (Å²) in [7, 11) is 0. The molecule has 2 saturated heterocycles. The van der Waals surface area contributed by atoms with Gasteiger partial charge in [0.15, 0.2) is 5.78 Å². The van der Waals surface area contributed by atoms with Gasteiger partial charge in [-0.15, -0.1) is 5.06 Å². The van der Waals surface area contributed by atoms with Crippen molar-refractivity contribution >= 4 is 11.8 Å². The molecule has 0 bridgehead atoms. The van der Waals surface area contributed by atoms with Crippen molar-refractivity contribution in [3.05, 3.63) is 6.04 Å². The lowest BCUT2D eigenvalue weighted by Gasteiger charge is -2.29. The van der Waals surface area contributed by atoms with Crippen molar-refractivity contribution in [2.75, 3.05) is 6.54 Å². The van der Waals surface area contributed by atoms with Crippen LogP contribution in [0.4, 0.5) is 0 Å². The minimum absolute atomic E-state index is 0.0746. The second-order valence-electron chi connectivity index (χ2n) is 3.39. The molecule has 0 saturated carbocycles. The molecule has 2 rings (SSSR count). The van der Waals surface area contributed by atoms with Crippen LogP contribution in [0, 0.1) is 6.04 Å². The molecule has 0 spiro atoms. The first kappa shape index (κ1) is 8.69. The van der Waals surface area contributed by atoms with Crippen LogP contribution in [0.25, 0.3) is 0 Å². The summed E-state index contributed by atoms with van der Waals surface area (Å²) in [5.41, 5.74) is 0. The molecule has 0 aromatic carbocycles. The van der Waals surface area contributed by atoms with Gasteiger partial charge in [0, 0.05) is 13.0 Å². The number of carbonyl (C=O) groups excluding carboxylic acids is 2. The van der Waals surface area contributed by atoms with Crippen molar-refractivity contribution < 1.29 is 14.4 Å². The fraction of sp³-hybridized carbons (Fsp3) is 0.667. The molecule has 2 fully saturated rings. The number of ketones is 1. The van der Waals surface area contributed by atoms with Crippen LogP contribution in [0.5, 0.6) is 0 Å². The molecule has 0 amide bonds. The molecular formula is C9H12NO3. The van der Waals surface area contributed by atoms with E-state index in [4.69, 9.17) is 4.84 Å². The zero-order valence-corrected chi connectivity index (χ0v) is 7.41. The van der Waals surface area contributed by atoms with Crippen molar-refractivity contribution in [3.8, 4) is 0 Å². The van der Waals surface area contributed by atoms with E-state index in [1.807, 2.05) is 0 Å². The number of hydrogen-bond acceptors (Lipinski definition) is 4. The van der Waals surface area contributed by atoms with Gasteiger partial charge in [-0.2, -0.15) is 0 Å². The van der Waals surface area contributed by atoms with E-state index in [0.717, 1.165) is 19.3 Å². The van der Waals surface area contributed by atoms with Gasteiger partial charge in [-0.3, -0.25) is 9.59 Å². The van der Waals surface area contributed by atoms with Crippen molar-refractivity contribution in [2.24, 2.45) is 0 Å². The zero-order valence-electron chi connectivity index (χ0n) is 7.41. The number of nitrogens with zero attached hydrogens (tertiary/aromatic N) is 1. The monoisotopic (exact) mass is 182 g/mol.